The van der Waals surface area contributed by atoms with Crippen LogP contribution in [0.15, 0.2) is 18.2 Å². The average Bonchev–Trinajstić information content (AvgIpc) is 3.12. The number of nitrogens with zero attached hydrogens (tertiary/aromatic N) is 1. The fraction of sp³-hybridized carbons (Fsp3) is 0.429. The highest BCUT2D eigenvalue weighted by molar-refractivity contribution is 6.00. The van der Waals surface area contributed by atoms with Crippen LogP contribution in [0.3, 0.4) is 0 Å². The van der Waals surface area contributed by atoms with Gasteiger partial charge in [0.15, 0.2) is 0 Å². The molecule has 1 aromatic carbocycles. The average molecular weight is 280 g/mol. The predicted molar refractivity (Wildman–Crippen MR) is 68.0 cm³/mol. The zero-order valence-corrected chi connectivity index (χ0v) is 10.7. The zero-order valence-electron chi connectivity index (χ0n) is 10.7. The third kappa shape index (κ3) is 2.37. The van der Waals surface area contributed by atoms with Gasteiger partial charge in [0.05, 0.1) is 5.92 Å². The summed E-state index contributed by atoms with van der Waals surface area (Å²) in [7, 11) is 0. The summed E-state index contributed by atoms with van der Waals surface area (Å²) in [5.41, 5.74) is -0.362. The first-order valence-electron chi connectivity index (χ1n) is 6.61. The molecular formula is C14H14F2N2O2. The summed E-state index contributed by atoms with van der Waals surface area (Å²) < 4.78 is 27.4. The standard InChI is InChI=1S/C14H14F2N2O2/c15-10-2-1-3-11(16)13(10)18-7-8(6-12(18)19)14(20)17-9-4-5-9/h1-3,8-9H,4-7H2,(H,17,20). The number of nitrogens with one attached hydrogen (secondary N) is 1. The second kappa shape index (κ2) is 4.85. The minimum atomic E-state index is -0.790. The quantitative estimate of drug-likeness (QED) is 0.914. The van der Waals surface area contributed by atoms with E-state index in [9.17, 15) is 18.4 Å². The van der Waals surface area contributed by atoms with Crippen molar-refractivity contribution >= 4 is 17.5 Å². The van der Waals surface area contributed by atoms with Crippen LogP contribution in [0.25, 0.3) is 0 Å². The largest absolute Gasteiger partial charge is 0.353 e. The van der Waals surface area contributed by atoms with Crippen LogP contribution in [0.4, 0.5) is 14.5 Å². The Morgan fingerprint density at radius 1 is 1.25 bits per heavy atom. The number of benzene rings is 1. The van der Waals surface area contributed by atoms with Crippen LogP contribution in [0.2, 0.25) is 0 Å². The van der Waals surface area contributed by atoms with Crippen molar-refractivity contribution in [2.24, 2.45) is 5.92 Å². The monoisotopic (exact) mass is 280 g/mol. The molecule has 0 bridgehead atoms. The van der Waals surface area contributed by atoms with Crippen molar-refractivity contribution in [3.63, 3.8) is 0 Å². The van der Waals surface area contributed by atoms with Crippen molar-refractivity contribution < 1.29 is 18.4 Å². The molecule has 2 fully saturated rings. The summed E-state index contributed by atoms with van der Waals surface area (Å²) in [5.74, 6) is -2.75. The Morgan fingerprint density at radius 2 is 1.90 bits per heavy atom. The summed E-state index contributed by atoms with van der Waals surface area (Å²) in [6.07, 6.45) is 1.91. The van der Waals surface area contributed by atoms with E-state index in [4.69, 9.17) is 0 Å². The smallest absolute Gasteiger partial charge is 0.228 e. The zero-order chi connectivity index (χ0) is 14.3. The van der Waals surface area contributed by atoms with Crippen LogP contribution < -0.4 is 10.2 Å². The van der Waals surface area contributed by atoms with Gasteiger partial charge in [-0.3, -0.25) is 9.59 Å². The van der Waals surface area contributed by atoms with Gasteiger partial charge in [-0.05, 0) is 25.0 Å². The number of halogens is 2. The molecule has 2 amide bonds. The van der Waals surface area contributed by atoms with Gasteiger partial charge in [-0.15, -0.1) is 0 Å². The number of carbonyl (C=O) groups excluding carboxylic acids is 2. The molecule has 1 saturated carbocycles. The van der Waals surface area contributed by atoms with E-state index in [2.05, 4.69) is 5.32 Å². The van der Waals surface area contributed by atoms with Crippen LogP contribution >= 0.6 is 0 Å². The van der Waals surface area contributed by atoms with Gasteiger partial charge in [-0.2, -0.15) is 0 Å². The molecule has 0 aromatic heterocycles. The molecule has 2 aliphatic rings. The lowest BCUT2D eigenvalue weighted by atomic mass is 10.1. The van der Waals surface area contributed by atoms with Gasteiger partial charge in [0.2, 0.25) is 11.8 Å². The highest BCUT2D eigenvalue weighted by atomic mass is 19.1. The first-order valence-corrected chi connectivity index (χ1v) is 6.61. The van der Waals surface area contributed by atoms with E-state index in [1.165, 1.54) is 6.07 Å². The molecule has 1 N–H and O–H groups in total. The maximum Gasteiger partial charge on any atom is 0.228 e. The Bertz CT molecular complexity index is 552. The Kier molecular flexibility index (Phi) is 3.16. The van der Waals surface area contributed by atoms with Crippen LogP contribution in [0.1, 0.15) is 19.3 Å². The number of hydrogen-bond donors (Lipinski definition) is 1. The second-order valence-corrected chi connectivity index (χ2v) is 5.26. The number of rotatable bonds is 3. The molecule has 20 heavy (non-hydrogen) atoms. The molecule has 1 heterocycles. The number of amides is 2. The fourth-order valence-corrected chi connectivity index (χ4v) is 2.39. The van der Waals surface area contributed by atoms with Gasteiger partial charge in [0, 0.05) is 19.0 Å². The number of hydrogen-bond acceptors (Lipinski definition) is 2. The predicted octanol–water partition coefficient (Wildman–Crippen LogP) is 1.60. The van der Waals surface area contributed by atoms with E-state index in [1.54, 1.807) is 0 Å². The van der Waals surface area contributed by atoms with Crippen molar-refractivity contribution in [1.82, 2.24) is 5.32 Å². The highest BCUT2D eigenvalue weighted by Crippen LogP contribution is 2.30. The van der Waals surface area contributed by atoms with Crippen LogP contribution in [-0.2, 0) is 9.59 Å². The van der Waals surface area contributed by atoms with Gasteiger partial charge >= 0.3 is 0 Å². The van der Waals surface area contributed by atoms with Crippen LogP contribution in [-0.4, -0.2) is 24.4 Å². The lowest BCUT2D eigenvalue weighted by Gasteiger charge is -2.18. The molecule has 1 aromatic rings. The fourth-order valence-electron chi connectivity index (χ4n) is 2.39. The Hall–Kier alpha value is -1.98. The van der Waals surface area contributed by atoms with Crippen LogP contribution in [0.5, 0.6) is 0 Å². The van der Waals surface area contributed by atoms with Gasteiger partial charge in [-0.25, -0.2) is 8.78 Å². The molecule has 1 atom stereocenters. The van der Waals surface area contributed by atoms with Crippen molar-refractivity contribution in [2.75, 3.05) is 11.4 Å². The van der Waals surface area contributed by atoms with E-state index in [-0.39, 0.29) is 30.6 Å². The molecular weight excluding hydrogens is 266 g/mol. The first-order chi connectivity index (χ1) is 9.56. The van der Waals surface area contributed by atoms with Gasteiger partial charge in [0.25, 0.3) is 0 Å². The van der Waals surface area contributed by atoms with E-state index in [0.717, 1.165) is 29.9 Å². The Balaban J connectivity index is 1.78. The molecule has 4 nitrogen and oxygen atoms in total. The topological polar surface area (TPSA) is 49.4 Å². The van der Waals surface area contributed by atoms with E-state index in [1.807, 2.05) is 0 Å². The summed E-state index contributed by atoms with van der Waals surface area (Å²) in [5, 5.41) is 2.81. The maximum absolute atomic E-state index is 13.7. The number of anilines is 1. The van der Waals surface area contributed by atoms with Crippen LogP contribution in [0, 0.1) is 17.6 Å². The SMILES string of the molecule is O=C(NC1CC1)C1CC(=O)N(c2c(F)cccc2F)C1. The van der Waals surface area contributed by atoms with E-state index in [0.29, 0.717) is 0 Å². The molecule has 1 aliphatic carbocycles. The minimum Gasteiger partial charge on any atom is -0.353 e. The number of para-hydroxylation sites is 1. The Morgan fingerprint density at radius 3 is 2.50 bits per heavy atom. The summed E-state index contributed by atoms with van der Waals surface area (Å²) in [6.45, 7) is 0.0231. The highest BCUT2D eigenvalue weighted by Gasteiger charge is 2.38. The third-order valence-corrected chi connectivity index (χ3v) is 3.63. The molecule has 0 spiro atoms. The molecule has 0 radical (unpaired) electrons. The van der Waals surface area contributed by atoms with Gasteiger partial charge in [0.1, 0.15) is 17.3 Å². The lowest BCUT2D eigenvalue weighted by Crippen LogP contribution is -2.34. The minimum absolute atomic E-state index is 0.00761. The molecule has 1 saturated heterocycles. The van der Waals surface area contributed by atoms with E-state index >= 15 is 0 Å². The molecule has 1 aliphatic heterocycles. The van der Waals surface area contributed by atoms with Crippen molar-refractivity contribution in [2.45, 2.75) is 25.3 Å². The Labute approximate surface area is 114 Å². The molecule has 1 unspecified atom stereocenters. The third-order valence-electron chi connectivity index (χ3n) is 3.63. The first kappa shape index (κ1) is 13.0. The normalized spacial score (nSPS) is 22.2. The van der Waals surface area contributed by atoms with Gasteiger partial charge < -0.3 is 10.2 Å². The number of carbonyl (C=O) groups is 2. The summed E-state index contributed by atoms with van der Waals surface area (Å²) >= 11 is 0. The molecule has 6 heteroatoms. The lowest BCUT2D eigenvalue weighted by molar-refractivity contribution is -0.126. The van der Waals surface area contributed by atoms with E-state index < -0.39 is 23.5 Å². The molecule has 106 valence electrons. The second-order valence-electron chi connectivity index (χ2n) is 5.26. The summed E-state index contributed by atoms with van der Waals surface area (Å²) in [4.78, 5) is 24.8. The van der Waals surface area contributed by atoms with Crippen molar-refractivity contribution in [1.29, 1.82) is 0 Å². The molecule has 3 rings (SSSR count). The van der Waals surface area contributed by atoms with Crippen molar-refractivity contribution in [3.05, 3.63) is 29.8 Å². The van der Waals surface area contributed by atoms with Gasteiger partial charge in [-0.1, -0.05) is 6.07 Å². The maximum atomic E-state index is 13.7. The van der Waals surface area contributed by atoms with Crippen molar-refractivity contribution in [3.8, 4) is 0 Å². The summed E-state index contributed by atoms with van der Waals surface area (Å²) in [6, 6.07) is 3.65.